The van der Waals surface area contributed by atoms with E-state index in [1.165, 1.54) is 0 Å². The van der Waals surface area contributed by atoms with Crippen LogP contribution in [-0.2, 0) is 14.4 Å². The standard InChI is InChI=1S/C11H16N2O5S2/c1-11(2)9(17)13(10(18)20-11)4-3-12-7(14)5-19-6-8(15)16/h3-6H2,1-2H3,(H,12,14)(H,15,16). The van der Waals surface area contributed by atoms with Crippen LogP contribution in [0.3, 0.4) is 0 Å². The molecule has 7 nitrogen and oxygen atoms in total. The Morgan fingerprint density at radius 2 is 2.00 bits per heavy atom. The number of thioether (sulfide) groups is 2. The van der Waals surface area contributed by atoms with Crippen LogP contribution in [0.25, 0.3) is 0 Å². The number of carbonyl (C=O) groups is 4. The summed E-state index contributed by atoms with van der Waals surface area (Å²) in [6.07, 6.45) is 0. The van der Waals surface area contributed by atoms with Crippen LogP contribution in [0.15, 0.2) is 0 Å². The molecule has 1 saturated heterocycles. The van der Waals surface area contributed by atoms with E-state index < -0.39 is 10.7 Å². The monoisotopic (exact) mass is 320 g/mol. The smallest absolute Gasteiger partial charge is 0.313 e. The summed E-state index contributed by atoms with van der Waals surface area (Å²) < 4.78 is -0.752. The first-order valence-electron chi connectivity index (χ1n) is 5.85. The number of carboxylic acids is 1. The van der Waals surface area contributed by atoms with Crippen LogP contribution in [0.5, 0.6) is 0 Å². The molecule has 1 fully saturated rings. The highest BCUT2D eigenvalue weighted by molar-refractivity contribution is 8.16. The minimum atomic E-state index is -0.977. The van der Waals surface area contributed by atoms with Gasteiger partial charge in [0.25, 0.3) is 5.24 Å². The van der Waals surface area contributed by atoms with E-state index >= 15 is 0 Å². The number of hydrogen-bond acceptors (Lipinski definition) is 6. The zero-order chi connectivity index (χ0) is 15.3. The lowest BCUT2D eigenvalue weighted by Gasteiger charge is -2.16. The van der Waals surface area contributed by atoms with Crippen LogP contribution in [0.4, 0.5) is 4.79 Å². The number of hydrogen-bond donors (Lipinski definition) is 2. The van der Waals surface area contributed by atoms with E-state index in [4.69, 9.17) is 5.11 Å². The van der Waals surface area contributed by atoms with Crippen LogP contribution in [-0.4, -0.2) is 62.4 Å². The van der Waals surface area contributed by atoms with Gasteiger partial charge in [0.15, 0.2) is 0 Å². The Hall–Kier alpha value is -1.22. The van der Waals surface area contributed by atoms with Crippen LogP contribution in [0.2, 0.25) is 0 Å². The van der Waals surface area contributed by atoms with Gasteiger partial charge in [-0.3, -0.25) is 24.1 Å². The highest BCUT2D eigenvalue weighted by Crippen LogP contribution is 2.36. The van der Waals surface area contributed by atoms with Gasteiger partial charge in [-0.25, -0.2) is 0 Å². The molecule has 9 heteroatoms. The highest BCUT2D eigenvalue weighted by atomic mass is 32.2. The number of carbonyl (C=O) groups excluding carboxylic acids is 3. The summed E-state index contributed by atoms with van der Waals surface area (Å²) in [6, 6.07) is 0. The first kappa shape index (κ1) is 16.8. The summed E-state index contributed by atoms with van der Waals surface area (Å²) in [5, 5.41) is 10.6. The van der Waals surface area contributed by atoms with Crippen LogP contribution < -0.4 is 5.32 Å². The fourth-order valence-electron chi connectivity index (χ4n) is 1.51. The van der Waals surface area contributed by atoms with Gasteiger partial charge >= 0.3 is 5.97 Å². The maximum Gasteiger partial charge on any atom is 0.313 e. The van der Waals surface area contributed by atoms with Crippen molar-refractivity contribution in [3.8, 4) is 0 Å². The average Bonchev–Trinajstić information content (AvgIpc) is 2.50. The Morgan fingerprint density at radius 1 is 1.35 bits per heavy atom. The molecule has 0 aliphatic carbocycles. The van der Waals surface area contributed by atoms with E-state index in [0.717, 1.165) is 28.4 Å². The summed E-state index contributed by atoms with van der Waals surface area (Å²) in [5.74, 6) is -1.66. The largest absolute Gasteiger partial charge is 0.481 e. The van der Waals surface area contributed by atoms with Gasteiger partial charge in [0.2, 0.25) is 11.8 Å². The molecule has 20 heavy (non-hydrogen) atoms. The molecule has 0 aromatic rings. The van der Waals surface area contributed by atoms with Gasteiger partial charge < -0.3 is 10.4 Å². The van der Waals surface area contributed by atoms with Crippen molar-refractivity contribution in [1.29, 1.82) is 0 Å². The minimum Gasteiger partial charge on any atom is -0.481 e. The third-order valence-corrected chi connectivity index (χ3v) is 4.44. The molecule has 1 aliphatic rings. The van der Waals surface area contributed by atoms with Crippen molar-refractivity contribution >= 4 is 46.5 Å². The highest BCUT2D eigenvalue weighted by Gasteiger charge is 2.45. The van der Waals surface area contributed by atoms with Gasteiger partial charge in [0.05, 0.1) is 16.3 Å². The second-order valence-corrected chi connectivity index (χ2v) is 7.13. The quantitative estimate of drug-likeness (QED) is 0.699. The van der Waals surface area contributed by atoms with Crippen molar-refractivity contribution in [3.05, 3.63) is 0 Å². The molecule has 2 N–H and O–H groups in total. The van der Waals surface area contributed by atoms with Crippen LogP contribution in [0, 0.1) is 0 Å². The molecule has 3 amide bonds. The average molecular weight is 320 g/mol. The Balaban J connectivity index is 2.27. The molecular formula is C11H16N2O5S2. The molecule has 112 valence electrons. The second-order valence-electron chi connectivity index (χ2n) is 4.57. The molecule has 0 aromatic carbocycles. The van der Waals surface area contributed by atoms with Crippen molar-refractivity contribution < 1.29 is 24.3 Å². The number of amides is 3. The summed E-state index contributed by atoms with van der Waals surface area (Å²) in [7, 11) is 0. The van der Waals surface area contributed by atoms with Gasteiger partial charge in [0, 0.05) is 13.1 Å². The number of aliphatic carboxylic acids is 1. The Labute approximate surface area is 124 Å². The van der Waals surface area contributed by atoms with Gasteiger partial charge in [0.1, 0.15) is 0 Å². The summed E-state index contributed by atoms with van der Waals surface area (Å²) in [5.41, 5.74) is 0. The molecule has 1 heterocycles. The fraction of sp³-hybridized carbons (Fsp3) is 0.636. The van der Waals surface area contributed by atoms with E-state index in [-0.39, 0.29) is 41.6 Å². The van der Waals surface area contributed by atoms with E-state index in [1.54, 1.807) is 13.8 Å². The fourth-order valence-corrected chi connectivity index (χ4v) is 2.99. The molecule has 0 spiro atoms. The number of imide groups is 1. The summed E-state index contributed by atoms with van der Waals surface area (Å²) in [4.78, 5) is 46.2. The third kappa shape index (κ3) is 4.71. The third-order valence-electron chi connectivity index (χ3n) is 2.44. The Kier molecular flexibility index (Phi) is 5.88. The number of nitrogens with one attached hydrogen (secondary N) is 1. The Morgan fingerprint density at radius 3 is 2.50 bits per heavy atom. The molecule has 0 aromatic heterocycles. The normalized spacial score (nSPS) is 17.4. The molecule has 0 unspecified atom stereocenters. The van der Waals surface area contributed by atoms with Crippen LogP contribution >= 0.6 is 23.5 Å². The number of nitrogens with zero attached hydrogens (tertiary/aromatic N) is 1. The van der Waals surface area contributed by atoms with Crippen molar-refractivity contribution in [3.63, 3.8) is 0 Å². The van der Waals surface area contributed by atoms with E-state index in [0.29, 0.717) is 0 Å². The van der Waals surface area contributed by atoms with Gasteiger partial charge in [-0.15, -0.1) is 11.8 Å². The molecule has 0 radical (unpaired) electrons. The number of rotatable bonds is 7. The zero-order valence-corrected chi connectivity index (χ0v) is 12.8. The number of carboxylic acid groups (broad SMARTS) is 1. The van der Waals surface area contributed by atoms with Gasteiger partial charge in [-0.05, 0) is 25.6 Å². The van der Waals surface area contributed by atoms with E-state index in [2.05, 4.69) is 5.32 Å². The van der Waals surface area contributed by atoms with Gasteiger partial charge in [-0.1, -0.05) is 0 Å². The SMILES string of the molecule is CC1(C)SC(=O)N(CCNC(=O)CSCC(=O)O)C1=O. The maximum atomic E-state index is 11.9. The predicted octanol–water partition coefficient (Wildman–Crippen LogP) is 0.394. The van der Waals surface area contributed by atoms with E-state index in [1.807, 2.05) is 0 Å². The van der Waals surface area contributed by atoms with Crippen LogP contribution in [0.1, 0.15) is 13.8 Å². The first-order chi connectivity index (χ1) is 9.24. The summed E-state index contributed by atoms with van der Waals surface area (Å²) >= 11 is 1.96. The topological polar surface area (TPSA) is 104 Å². The molecule has 0 bridgehead atoms. The lowest BCUT2D eigenvalue weighted by atomic mass is 10.2. The Bertz CT molecular complexity index is 439. The maximum absolute atomic E-state index is 11.9. The molecule has 1 rings (SSSR count). The molecular weight excluding hydrogens is 304 g/mol. The molecule has 0 saturated carbocycles. The van der Waals surface area contributed by atoms with Crippen molar-refractivity contribution in [2.45, 2.75) is 18.6 Å². The van der Waals surface area contributed by atoms with Crippen molar-refractivity contribution in [1.82, 2.24) is 10.2 Å². The minimum absolute atomic E-state index is 0.0361. The summed E-state index contributed by atoms with van der Waals surface area (Å²) in [6.45, 7) is 3.65. The first-order valence-corrected chi connectivity index (χ1v) is 7.82. The predicted molar refractivity (Wildman–Crippen MR) is 76.7 cm³/mol. The lowest BCUT2D eigenvalue weighted by molar-refractivity contribution is -0.134. The molecule has 1 aliphatic heterocycles. The van der Waals surface area contributed by atoms with Crippen molar-refractivity contribution in [2.24, 2.45) is 0 Å². The van der Waals surface area contributed by atoms with E-state index in [9.17, 15) is 19.2 Å². The van der Waals surface area contributed by atoms with Gasteiger partial charge in [-0.2, -0.15) is 0 Å². The zero-order valence-electron chi connectivity index (χ0n) is 11.2. The molecule has 0 atom stereocenters. The lowest BCUT2D eigenvalue weighted by Crippen LogP contribution is -2.41. The van der Waals surface area contributed by atoms with Crippen molar-refractivity contribution in [2.75, 3.05) is 24.6 Å². The second kappa shape index (κ2) is 6.98.